The molecule has 0 aromatic heterocycles. The Morgan fingerprint density at radius 1 is 0.923 bits per heavy atom. The van der Waals surface area contributed by atoms with Crippen LogP contribution in [-0.4, -0.2) is 18.5 Å². The fourth-order valence-electron chi connectivity index (χ4n) is 2.62. The van der Waals surface area contributed by atoms with Gasteiger partial charge in [-0.2, -0.15) is 0 Å². The molecule has 4 nitrogen and oxygen atoms in total. The van der Waals surface area contributed by atoms with E-state index < -0.39 is 5.97 Å². The van der Waals surface area contributed by atoms with E-state index in [4.69, 9.17) is 4.74 Å². The monoisotopic (exact) mass is 353 g/mol. The molecule has 0 fully saturated rings. The topological polar surface area (TPSA) is 55.4 Å². The predicted molar refractivity (Wildman–Crippen MR) is 103 cm³/mol. The summed E-state index contributed by atoms with van der Waals surface area (Å²) in [5.41, 5.74) is 5.02. The zero-order chi connectivity index (χ0) is 19.3. The summed E-state index contributed by atoms with van der Waals surface area (Å²) in [6, 6.07) is 13.2. The van der Waals surface area contributed by atoms with Gasteiger partial charge in [-0.1, -0.05) is 44.2 Å². The van der Waals surface area contributed by atoms with E-state index in [0.29, 0.717) is 11.5 Å². The van der Waals surface area contributed by atoms with Gasteiger partial charge in [0.25, 0.3) is 5.91 Å². The number of carbonyl (C=O) groups is 2. The summed E-state index contributed by atoms with van der Waals surface area (Å²) in [4.78, 5) is 24.1. The number of hydrogen-bond donors (Lipinski definition) is 1. The van der Waals surface area contributed by atoms with Gasteiger partial charge in [0.05, 0.1) is 11.6 Å². The molecule has 1 atom stereocenters. The Hall–Kier alpha value is -2.62. The van der Waals surface area contributed by atoms with Gasteiger partial charge in [0.1, 0.15) is 0 Å². The van der Waals surface area contributed by atoms with Gasteiger partial charge < -0.3 is 10.1 Å². The summed E-state index contributed by atoms with van der Waals surface area (Å²) in [5.74, 6) is -0.407. The highest BCUT2D eigenvalue weighted by molar-refractivity contribution is 5.91. The summed E-state index contributed by atoms with van der Waals surface area (Å²) in [6.07, 6.45) is 0. The van der Waals surface area contributed by atoms with Crippen LogP contribution in [0, 0.1) is 13.8 Å². The predicted octanol–water partition coefficient (Wildman–Crippen LogP) is 4.46. The second kappa shape index (κ2) is 8.65. The zero-order valence-corrected chi connectivity index (χ0v) is 16.1. The Balaban J connectivity index is 1.87. The Bertz CT molecular complexity index is 778. The maximum absolute atomic E-state index is 12.1. The first-order valence-electron chi connectivity index (χ1n) is 8.91. The molecule has 1 N–H and O–H groups in total. The molecule has 0 heterocycles. The lowest BCUT2D eigenvalue weighted by Crippen LogP contribution is -2.31. The number of carbonyl (C=O) groups excluding carboxylic acids is 2. The standard InChI is InChI=1S/C22H27NO3/c1-14(2)18-8-10-19(11-9-18)22(25)26-13-21(24)23-17(5)20-7-6-15(3)16(4)12-20/h6-12,14,17H,13H2,1-5H3,(H,23,24)/t17-/m1/s1. The highest BCUT2D eigenvalue weighted by Crippen LogP contribution is 2.17. The van der Waals surface area contributed by atoms with Crippen LogP contribution in [0.4, 0.5) is 0 Å². The first kappa shape index (κ1) is 19.7. The van der Waals surface area contributed by atoms with Gasteiger partial charge in [0, 0.05) is 0 Å². The van der Waals surface area contributed by atoms with E-state index in [1.165, 1.54) is 11.1 Å². The van der Waals surface area contributed by atoms with Crippen LogP contribution < -0.4 is 5.32 Å². The largest absolute Gasteiger partial charge is 0.452 e. The number of amides is 1. The Kier molecular flexibility index (Phi) is 6.56. The number of hydrogen-bond acceptors (Lipinski definition) is 3. The Morgan fingerprint density at radius 3 is 2.12 bits per heavy atom. The molecule has 0 saturated carbocycles. The third-order valence-electron chi connectivity index (χ3n) is 4.56. The van der Waals surface area contributed by atoms with Crippen molar-refractivity contribution in [1.29, 1.82) is 0 Å². The van der Waals surface area contributed by atoms with Crippen molar-refractivity contribution < 1.29 is 14.3 Å². The molecule has 138 valence electrons. The van der Waals surface area contributed by atoms with E-state index in [1.807, 2.05) is 38.1 Å². The van der Waals surface area contributed by atoms with Crippen LogP contribution in [0.5, 0.6) is 0 Å². The van der Waals surface area contributed by atoms with E-state index >= 15 is 0 Å². The molecule has 0 aliphatic carbocycles. The fraction of sp³-hybridized carbons (Fsp3) is 0.364. The third-order valence-corrected chi connectivity index (χ3v) is 4.56. The normalized spacial score (nSPS) is 11.9. The smallest absolute Gasteiger partial charge is 0.338 e. The average molecular weight is 353 g/mol. The maximum Gasteiger partial charge on any atom is 0.338 e. The first-order valence-corrected chi connectivity index (χ1v) is 8.91. The number of aryl methyl sites for hydroxylation is 2. The van der Waals surface area contributed by atoms with E-state index in [2.05, 4.69) is 32.2 Å². The van der Waals surface area contributed by atoms with Gasteiger partial charge in [-0.25, -0.2) is 4.79 Å². The van der Waals surface area contributed by atoms with Gasteiger partial charge in [-0.15, -0.1) is 0 Å². The van der Waals surface area contributed by atoms with Crippen LogP contribution in [0.15, 0.2) is 42.5 Å². The molecule has 0 bridgehead atoms. The van der Waals surface area contributed by atoms with Crippen molar-refractivity contribution in [3.8, 4) is 0 Å². The molecule has 2 rings (SSSR count). The van der Waals surface area contributed by atoms with Crippen LogP contribution in [0.3, 0.4) is 0 Å². The molecule has 4 heteroatoms. The van der Waals surface area contributed by atoms with Crippen LogP contribution in [0.25, 0.3) is 0 Å². The second-order valence-corrected chi connectivity index (χ2v) is 6.99. The number of nitrogens with one attached hydrogen (secondary N) is 1. The van der Waals surface area contributed by atoms with Crippen molar-refractivity contribution in [2.75, 3.05) is 6.61 Å². The van der Waals surface area contributed by atoms with E-state index in [0.717, 1.165) is 11.1 Å². The minimum absolute atomic E-state index is 0.147. The minimum Gasteiger partial charge on any atom is -0.452 e. The lowest BCUT2D eigenvalue weighted by atomic mass is 10.0. The molecule has 0 spiro atoms. The molecule has 26 heavy (non-hydrogen) atoms. The first-order chi connectivity index (χ1) is 12.3. The summed E-state index contributed by atoms with van der Waals surface area (Å²) < 4.78 is 5.12. The van der Waals surface area contributed by atoms with Crippen molar-refractivity contribution in [1.82, 2.24) is 5.32 Å². The summed E-state index contributed by atoms with van der Waals surface area (Å²) in [7, 11) is 0. The molecule has 1 amide bonds. The summed E-state index contributed by atoms with van der Waals surface area (Å²) in [6.45, 7) is 9.90. The number of esters is 1. The van der Waals surface area contributed by atoms with Crippen molar-refractivity contribution in [3.63, 3.8) is 0 Å². The number of rotatable bonds is 6. The van der Waals surface area contributed by atoms with Gasteiger partial charge in [-0.3, -0.25) is 4.79 Å². The number of ether oxygens (including phenoxy) is 1. The van der Waals surface area contributed by atoms with Crippen molar-refractivity contribution in [2.45, 2.75) is 46.6 Å². The lowest BCUT2D eigenvalue weighted by Gasteiger charge is -2.16. The molecule has 2 aromatic carbocycles. The lowest BCUT2D eigenvalue weighted by molar-refractivity contribution is -0.124. The van der Waals surface area contributed by atoms with Crippen molar-refractivity contribution in [2.24, 2.45) is 0 Å². The zero-order valence-electron chi connectivity index (χ0n) is 16.1. The van der Waals surface area contributed by atoms with Crippen LogP contribution in [-0.2, 0) is 9.53 Å². The molecule has 0 aliphatic heterocycles. The Labute approximate surface area is 155 Å². The van der Waals surface area contributed by atoms with E-state index in [9.17, 15) is 9.59 Å². The summed E-state index contributed by atoms with van der Waals surface area (Å²) >= 11 is 0. The van der Waals surface area contributed by atoms with Crippen LogP contribution >= 0.6 is 0 Å². The SMILES string of the molecule is Cc1ccc([C@@H](C)NC(=O)COC(=O)c2ccc(C(C)C)cc2)cc1C. The van der Waals surface area contributed by atoms with Crippen molar-refractivity contribution in [3.05, 3.63) is 70.3 Å². The Morgan fingerprint density at radius 2 is 1.54 bits per heavy atom. The highest BCUT2D eigenvalue weighted by atomic mass is 16.5. The van der Waals surface area contributed by atoms with E-state index in [-0.39, 0.29) is 18.6 Å². The molecule has 0 aliphatic rings. The minimum atomic E-state index is -0.491. The molecule has 2 aromatic rings. The molecule has 0 saturated heterocycles. The van der Waals surface area contributed by atoms with Gasteiger partial charge in [0.15, 0.2) is 6.61 Å². The molecular weight excluding hydrogens is 326 g/mol. The second-order valence-electron chi connectivity index (χ2n) is 6.99. The highest BCUT2D eigenvalue weighted by Gasteiger charge is 2.14. The van der Waals surface area contributed by atoms with Gasteiger partial charge in [0.2, 0.25) is 0 Å². The molecule has 0 radical (unpaired) electrons. The summed E-state index contributed by atoms with van der Waals surface area (Å²) in [5, 5.41) is 2.86. The quantitative estimate of drug-likeness (QED) is 0.780. The van der Waals surface area contributed by atoms with Crippen LogP contribution in [0.2, 0.25) is 0 Å². The van der Waals surface area contributed by atoms with Crippen molar-refractivity contribution >= 4 is 11.9 Å². The van der Waals surface area contributed by atoms with E-state index in [1.54, 1.807) is 12.1 Å². The average Bonchev–Trinajstić information content (AvgIpc) is 2.62. The van der Waals surface area contributed by atoms with Gasteiger partial charge >= 0.3 is 5.97 Å². The van der Waals surface area contributed by atoms with Gasteiger partial charge in [-0.05, 0) is 61.1 Å². The maximum atomic E-state index is 12.1. The molecular formula is C22H27NO3. The molecule has 0 unspecified atom stereocenters. The van der Waals surface area contributed by atoms with Crippen LogP contribution in [0.1, 0.15) is 65.3 Å². The number of benzene rings is 2. The fourth-order valence-corrected chi connectivity index (χ4v) is 2.62. The third kappa shape index (κ3) is 5.19.